The molecule has 0 bridgehead atoms. The van der Waals surface area contributed by atoms with Crippen LogP contribution >= 0.6 is 0 Å². The summed E-state index contributed by atoms with van der Waals surface area (Å²) in [6.07, 6.45) is 5.24. The Morgan fingerprint density at radius 1 is 0.853 bits per heavy atom. The first-order valence-corrected chi connectivity index (χ1v) is 11.6. The number of benzene rings is 1. The monoisotopic (exact) mass is 457 g/mol. The number of H-pyrrole nitrogens is 1. The molecule has 6 rings (SSSR count). The number of aromatic amines is 1. The number of rotatable bonds is 5. The lowest BCUT2D eigenvalue weighted by Crippen LogP contribution is -2.43. The van der Waals surface area contributed by atoms with Crippen LogP contribution in [0.25, 0.3) is 22.3 Å². The zero-order valence-corrected chi connectivity index (χ0v) is 18.9. The molecule has 0 radical (unpaired) electrons. The molecule has 1 aromatic carbocycles. The summed E-state index contributed by atoms with van der Waals surface area (Å²) in [6, 6.07) is 10.4. The number of aromatic nitrogens is 5. The van der Waals surface area contributed by atoms with Crippen LogP contribution in [0.4, 0.5) is 23.1 Å². The molecule has 2 aliphatic rings. The van der Waals surface area contributed by atoms with Crippen LogP contribution < -0.4 is 20.4 Å². The van der Waals surface area contributed by atoms with E-state index in [0.717, 1.165) is 97.9 Å². The largest absolute Gasteiger partial charge is 0.378 e. The highest BCUT2D eigenvalue weighted by Gasteiger charge is 2.17. The smallest absolute Gasteiger partial charge is 0.149 e. The van der Waals surface area contributed by atoms with Crippen molar-refractivity contribution in [3.05, 3.63) is 49.1 Å². The van der Waals surface area contributed by atoms with Crippen LogP contribution in [-0.2, 0) is 4.74 Å². The van der Waals surface area contributed by atoms with Gasteiger partial charge in [0, 0.05) is 50.6 Å². The summed E-state index contributed by atoms with van der Waals surface area (Å²) in [7, 11) is 0. The average molecular weight is 458 g/mol. The Morgan fingerprint density at radius 2 is 1.68 bits per heavy atom. The van der Waals surface area contributed by atoms with Crippen molar-refractivity contribution in [1.29, 1.82) is 0 Å². The van der Waals surface area contributed by atoms with E-state index in [1.165, 1.54) is 0 Å². The molecule has 0 unspecified atom stereocenters. The number of morpholine rings is 1. The summed E-state index contributed by atoms with van der Waals surface area (Å²) in [6.45, 7) is 6.99. The molecule has 3 aromatic heterocycles. The summed E-state index contributed by atoms with van der Waals surface area (Å²) < 4.78 is 5.48. The van der Waals surface area contributed by atoms with Gasteiger partial charge >= 0.3 is 0 Å². The number of anilines is 4. The highest BCUT2D eigenvalue weighted by Crippen LogP contribution is 2.30. The molecule has 0 atom stereocenters. The van der Waals surface area contributed by atoms with Crippen LogP contribution in [0.2, 0.25) is 0 Å². The van der Waals surface area contributed by atoms with Crippen molar-refractivity contribution in [3.63, 3.8) is 0 Å². The van der Waals surface area contributed by atoms with Crippen LogP contribution in [0.15, 0.2) is 49.1 Å². The van der Waals surface area contributed by atoms with Crippen LogP contribution in [0.5, 0.6) is 0 Å². The van der Waals surface area contributed by atoms with E-state index in [-0.39, 0.29) is 0 Å². The zero-order chi connectivity index (χ0) is 22.7. The van der Waals surface area contributed by atoms with Crippen molar-refractivity contribution in [2.45, 2.75) is 0 Å². The van der Waals surface area contributed by atoms with E-state index in [1.807, 2.05) is 18.3 Å². The number of piperazine rings is 1. The van der Waals surface area contributed by atoms with E-state index in [2.05, 4.69) is 63.6 Å². The maximum atomic E-state index is 5.48. The molecule has 3 N–H and O–H groups in total. The second-order valence-electron chi connectivity index (χ2n) is 8.44. The summed E-state index contributed by atoms with van der Waals surface area (Å²) in [5.74, 6) is 2.60. The Balaban J connectivity index is 1.17. The number of nitrogens with one attached hydrogen (secondary N) is 3. The van der Waals surface area contributed by atoms with Crippen molar-refractivity contribution < 1.29 is 4.74 Å². The van der Waals surface area contributed by atoms with Crippen molar-refractivity contribution >= 4 is 34.2 Å². The minimum absolute atomic E-state index is 0.722. The first kappa shape index (κ1) is 20.8. The molecule has 0 amide bonds. The Morgan fingerprint density at radius 3 is 2.44 bits per heavy atom. The lowest BCUT2D eigenvalue weighted by Gasteiger charge is -2.28. The SMILES string of the molecule is c1nc(N2CCOCC2)c2cc(-c3ccc(Nc4cnc(N5CCNCC5)cn4)cc3)[nH]c2n1. The van der Waals surface area contributed by atoms with Crippen LogP contribution in [0.3, 0.4) is 0 Å². The van der Waals surface area contributed by atoms with Gasteiger partial charge in [0.1, 0.15) is 29.4 Å². The van der Waals surface area contributed by atoms with Gasteiger partial charge in [0.25, 0.3) is 0 Å². The van der Waals surface area contributed by atoms with Gasteiger partial charge in [-0.05, 0) is 23.8 Å². The molecule has 34 heavy (non-hydrogen) atoms. The summed E-state index contributed by atoms with van der Waals surface area (Å²) >= 11 is 0. The van der Waals surface area contributed by atoms with Crippen molar-refractivity contribution in [2.24, 2.45) is 0 Å². The molecule has 5 heterocycles. The average Bonchev–Trinajstić information content (AvgIpc) is 3.35. The van der Waals surface area contributed by atoms with Crippen LogP contribution in [0, 0.1) is 0 Å². The topological polar surface area (TPSA) is 107 Å². The third-order valence-electron chi connectivity index (χ3n) is 6.26. The fourth-order valence-corrected chi connectivity index (χ4v) is 4.43. The highest BCUT2D eigenvalue weighted by molar-refractivity contribution is 5.92. The Bertz CT molecular complexity index is 1240. The minimum Gasteiger partial charge on any atom is -0.378 e. The van der Waals surface area contributed by atoms with Gasteiger partial charge in [0.05, 0.1) is 31.0 Å². The third kappa shape index (κ3) is 4.25. The van der Waals surface area contributed by atoms with E-state index in [9.17, 15) is 0 Å². The Labute approximate surface area is 197 Å². The summed E-state index contributed by atoms with van der Waals surface area (Å²) in [5, 5.41) is 7.72. The van der Waals surface area contributed by atoms with E-state index in [4.69, 9.17) is 4.74 Å². The van der Waals surface area contributed by atoms with Gasteiger partial charge in [-0.1, -0.05) is 12.1 Å². The second kappa shape index (κ2) is 9.24. The first-order chi connectivity index (χ1) is 16.8. The normalized spacial score (nSPS) is 16.7. The van der Waals surface area contributed by atoms with Gasteiger partial charge < -0.3 is 30.2 Å². The molecule has 2 saturated heterocycles. The van der Waals surface area contributed by atoms with Crippen molar-refractivity contribution in [2.75, 3.05) is 67.6 Å². The van der Waals surface area contributed by atoms with Gasteiger partial charge in [-0.25, -0.2) is 19.9 Å². The number of nitrogens with zero attached hydrogens (tertiary/aromatic N) is 6. The standard InChI is InChI=1S/C24H27N9O/c1-3-18(30-21-14-27-22(15-26-21)32-7-5-25-6-8-32)4-2-17(1)20-13-19-23(31-20)28-16-29-24(19)33-9-11-34-12-10-33/h1-4,13-16,25H,5-12H2,(H,26,30)(H,28,29,31). The number of ether oxygens (including phenoxy) is 1. The lowest BCUT2D eigenvalue weighted by molar-refractivity contribution is 0.122. The van der Waals surface area contributed by atoms with E-state index in [0.29, 0.717) is 0 Å². The van der Waals surface area contributed by atoms with E-state index >= 15 is 0 Å². The van der Waals surface area contributed by atoms with Gasteiger partial charge in [-0.15, -0.1) is 0 Å². The number of hydrogen-bond acceptors (Lipinski definition) is 9. The maximum absolute atomic E-state index is 5.48. The lowest BCUT2D eigenvalue weighted by atomic mass is 10.1. The third-order valence-corrected chi connectivity index (χ3v) is 6.26. The maximum Gasteiger partial charge on any atom is 0.149 e. The van der Waals surface area contributed by atoms with Crippen LogP contribution in [-0.4, -0.2) is 77.4 Å². The molecular formula is C24H27N9O. The molecule has 2 fully saturated rings. The molecule has 0 spiro atoms. The van der Waals surface area contributed by atoms with E-state index < -0.39 is 0 Å². The van der Waals surface area contributed by atoms with Gasteiger partial charge in [0.2, 0.25) is 0 Å². The molecule has 0 saturated carbocycles. The molecule has 10 heteroatoms. The van der Waals surface area contributed by atoms with Crippen molar-refractivity contribution in [1.82, 2.24) is 30.2 Å². The summed E-state index contributed by atoms with van der Waals surface area (Å²) in [4.78, 5) is 26.0. The zero-order valence-electron chi connectivity index (χ0n) is 18.9. The molecule has 174 valence electrons. The minimum atomic E-state index is 0.722. The fraction of sp³-hybridized carbons (Fsp3) is 0.333. The predicted octanol–water partition coefficient (Wildman–Crippen LogP) is 2.40. The number of fused-ring (bicyclic) bond motifs is 1. The van der Waals surface area contributed by atoms with E-state index in [1.54, 1.807) is 12.5 Å². The second-order valence-corrected chi connectivity index (χ2v) is 8.44. The van der Waals surface area contributed by atoms with Gasteiger partial charge in [-0.3, -0.25) is 0 Å². The van der Waals surface area contributed by atoms with Crippen LogP contribution in [0.1, 0.15) is 0 Å². The highest BCUT2D eigenvalue weighted by atomic mass is 16.5. The quantitative estimate of drug-likeness (QED) is 0.416. The predicted molar refractivity (Wildman–Crippen MR) is 133 cm³/mol. The molecular weight excluding hydrogens is 430 g/mol. The van der Waals surface area contributed by atoms with Crippen molar-refractivity contribution in [3.8, 4) is 11.3 Å². The molecule has 0 aliphatic carbocycles. The molecule has 10 nitrogen and oxygen atoms in total. The van der Waals surface area contributed by atoms with Gasteiger partial charge in [-0.2, -0.15) is 0 Å². The fourth-order valence-electron chi connectivity index (χ4n) is 4.43. The van der Waals surface area contributed by atoms with Gasteiger partial charge in [0.15, 0.2) is 0 Å². The number of hydrogen-bond donors (Lipinski definition) is 3. The Kier molecular flexibility index (Phi) is 5.66. The Hall–Kier alpha value is -3.76. The first-order valence-electron chi connectivity index (χ1n) is 11.6. The molecule has 2 aliphatic heterocycles. The molecule has 4 aromatic rings. The summed E-state index contributed by atoms with van der Waals surface area (Å²) in [5.41, 5.74) is 3.89.